The molecule has 35 heavy (non-hydrogen) atoms. The molecule has 1 heterocycles. The highest BCUT2D eigenvalue weighted by Crippen LogP contribution is 2.44. The highest BCUT2D eigenvalue weighted by Gasteiger charge is 2.40. The predicted octanol–water partition coefficient (Wildman–Crippen LogP) is 4.85. The maximum absolute atomic E-state index is 12.7. The van der Waals surface area contributed by atoms with Crippen LogP contribution >= 0.6 is 11.8 Å². The number of hydrogen-bond acceptors (Lipinski definition) is 5. The standard InChI is InChI=1S/C27H32N2O5S/c1-2-9-25-29(23(17-35-25)26(31)32)24(30)14-7-8-15-28-27(33)34-16-22-20-12-5-3-10-18(20)19-11-4-6-13-21(19)22/h3-6,10-13,22-23,25H,2,7-9,14-17H2,1H3,(H,28,33)(H,31,32). The summed E-state index contributed by atoms with van der Waals surface area (Å²) in [4.78, 5) is 38.1. The number of thioether (sulfide) groups is 1. The summed E-state index contributed by atoms with van der Waals surface area (Å²) in [7, 11) is 0. The van der Waals surface area contributed by atoms with Crippen LogP contribution in [-0.2, 0) is 14.3 Å². The first kappa shape index (κ1) is 25.1. The molecule has 8 heteroatoms. The molecule has 0 radical (unpaired) electrons. The van der Waals surface area contributed by atoms with Crippen molar-refractivity contribution in [1.29, 1.82) is 0 Å². The summed E-state index contributed by atoms with van der Waals surface area (Å²) in [6, 6.07) is 15.7. The van der Waals surface area contributed by atoms with Crippen LogP contribution in [0.25, 0.3) is 11.1 Å². The fourth-order valence-electron chi connectivity index (χ4n) is 4.93. The minimum absolute atomic E-state index is 0.0161. The van der Waals surface area contributed by atoms with E-state index >= 15 is 0 Å². The number of carboxylic acids is 1. The lowest BCUT2D eigenvalue weighted by Crippen LogP contribution is -2.45. The monoisotopic (exact) mass is 496 g/mol. The van der Waals surface area contributed by atoms with Crippen LogP contribution in [0.1, 0.15) is 56.1 Å². The molecule has 0 bridgehead atoms. The molecule has 2 atom stereocenters. The summed E-state index contributed by atoms with van der Waals surface area (Å²) in [6.07, 6.45) is 2.70. The molecule has 2 aromatic carbocycles. The van der Waals surface area contributed by atoms with Gasteiger partial charge in [-0.05, 0) is 41.5 Å². The lowest BCUT2D eigenvalue weighted by atomic mass is 9.98. The van der Waals surface area contributed by atoms with E-state index in [0.717, 1.165) is 12.8 Å². The molecule has 2 aliphatic rings. The van der Waals surface area contributed by atoms with Crippen molar-refractivity contribution in [2.75, 3.05) is 18.9 Å². The fraction of sp³-hybridized carbons (Fsp3) is 0.444. The van der Waals surface area contributed by atoms with E-state index in [4.69, 9.17) is 4.74 Å². The van der Waals surface area contributed by atoms with Crippen molar-refractivity contribution in [3.63, 3.8) is 0 Å². The topological polar surface area (TPSA) is 95.9 Å². The number of ether oxygens (including phenoxy) is 1. The maximum atomic E-state index is 12.7. The number of carbonyl (C=O) groups excluding carboxylic acids is 2. The van der Waals surface area contributed by atoms with Crippen LogP contribution < -0.4 is 5.32 Å². The second-order valence-corrected chi connectivity index (χ2v) is 10.2. The molecule has 0 aromatic heterocycles. The zero-order valence-electron chi connectivity index (χ0n) is 19.9. The van der Waals surface area contributed by atoms with Gasteiger partial charge in [0.25, 0.3) is 0 Å². The van der Waals surface area contributed by atoms with Crippen molar-refractivity contribution in [2.24, 2.45) is 0 Å². The van der Waals surface area contributed by atoms with E-state index in [1.165, 1.54) is 22.3 Å². The quantitative estimate of drug-likeness (QED) is 0.457. The van der Waals surface area contributed by atoms with Crippen molar-refractivity contribution >= 4 is 29.7 Å². The summed E-state index contributed by atoms with van der Waals surface area (Å²) >= 11 is 1.55. The van der Waals surface area contributed by atoms with E-state index in [1.54, 1.807) is 16.7 Å². The molecule has 4 rings (SSSR count). The van der Waals surface area contributed by atoms with Gasteiger partial charge in [-0.3, -0.25) is 4.79 Å². The molecule has 1 saturated heterocycles. The molecule has 186 valence electrons. The normalized spacial score (nSPS) is 18.7. The van der Waals surface area contributed by atoms with Crippen LogP contribution in [0.2, 0.25) is 0 Å². The second kappa shape index (κ2) is 11.6. The first-order valence-electron chi connectivity index (χ1n) is 12.3. The average Bonchev–Trinajstić information content (AvgIpc) is 3.42. The second-order valence-electron chi connectivity index (χ2n) is 8.94. The Morgan fingerprint density at radius 1 is 1.06 bits per heavy atom. The van der Waals surface area contributed by atoms with Gasteiger partial charge in [0.2, 0.25) is 5.91 Å². The zero-order chi connectivity index (χ0) is 24.8. The van der Waals surface area contributed by atoms with E-state index < -0.39 is 18.1 Å². The molecule has 1 aliphatic carbocycles. The summed E-state index contributed by atoms with van der Waals surface area (Å²) in [6.45, 7) is 2.70. The first-order valence-corrected chi connectivity index (χ1v) is 13.3. The number of benzene rings is 2. The van der Waals surface area contributed by atoms with Crippen LogP contribution in [0.5, 0.6) is 0 Å². The third kappa shape index (κ3) is 5.64. The van der Waals surface area contributed by atoms with Gasteiger partial charge < -0.3 is 20.1 Å². The third-order valence-corrected chi connectivity index (χ3v) is 7.99. The highest BCUT2D eigenvalue weighted by molar-refractivity contribution is 8.00. The Bertz CT molecular complexity index is 1030. The van der Waals surface area contributed by atoms with Crippen LogP contribution in [0.4, 0.5) is 4.79 Å². The lowest BCUT2D eigenvalue weighted by Gasteiger charge is -2.27. The average molecular weight is 497 g/mol. The van der Waals surface area contributed by atoms with E-state index in [1.807, 2.05) is 31.2 Å². The predicted molar refractivity (Wildman–Crippen MR) is 136 cm³/mol. The number of carboxylic acid groups (broad SMARTS) is 1. The molecule has 1 fully saturated rings. The van der Waals surface area contributed by atoms with Crippen LogP contribution in [-0.4, -0.2) is 58.3 Å². The van der Waals surface area contributed by atoms with Gasteiger partial charge in [0.05, 0.1) is 5.37 Å². The Morgan fingerprint density at radius 2 is 1.71 bits per heavy atom. The number of fused-ring (bicyclic) bond motifs is 3. The van der Waals surface area contributed by atoms with Crippen LogP contribution in [0, 0.1) is 0 Å². The summed E-state index contributed by atoms with van der Waals surface area (Å²) in [5.74, 6) is -0.611. The van der Waals surface area contributed by atoms with E-state index in [9.17, 15) is 19.5 Å². The molecule has 2 unspecified atom stereocenters. The molecule has 0 saturated carbocycles. The SMILES string of the molecule is CCCC1SCC(C(=O)O)N1C(=O)CCCCNC(=O)OCC1c2ccccc2-c2ccccc21. The van der Waals surface area contributed by atoms with E-state index in [2.05, 4.69) is 29.6 Å². The van der Waals surface area contributed by atoms with Crippen molar-refractivity contribution in [3.8, 4) is 11.1 Å². The number of amides is 2. The third-order valence-electron chi connectivity index (χ3n) is 6.63. The largest absolute Gasteiger partial charge is 0.480 e. The number of aliphatic carboxylic acids is 1. The Balaban J connectivity index is 1.20. The molecule has 0 spiro atoms. The number of nitrogens with one attached hydrogen (secondary N) is 1. The molecule has 2 amide bonds. The van der Waals surface area contributed by atoms with Crippen molar-refractivity contribution < 1.29 is 24.2 Å². The number of unbranched alkanes of at least 4 members (excludes halogenated alkanes) is 1. The highest BCUT2D eigenvalue weighted by atomic mass is 32.2. The number of alkyl carbamates (subject to hydrolysis) is 1. The van der Waals surface area contributed by atoms with Crippen molar-refractivity contribution in [3.05, 3.63) is 59.7 Å². The smallest absolute Gasteiger partial charge is 0.407 e. The minimum Gasteiger partial charge on any atom is -0.480 e. The van der Waals surface area contributed by atoms with Gasteiger partial charge in [-0.1, -0.05) is 61.9 Å². The first-order chi connectivity index (χ1) is 17.0. The fourth-order valence-corrected chi connectivity index (χ4v) is 6.46. The Kier molecular flexibility index (Phi) is 8.33. The van der Waals surface area contributed by atoms with Crippen LogP contribution in [0.15, 0.2) is 48.5 Å². The van der Waals surface area contributed by atoms with Gasteiger partial charge in [0.15, 0.2) is 0 Å². The van der Waals surface area contributed by atoms with Gasteiger partial charge in [-0.2, -0.15) is 0 Å². The Labute approximate surface area is 210 Å². The van der Waals surface area contributed by atoms with Gasteiger partial charge >= 0.3 is 12.1 Å². The molecule has 2 aromatic rings. The Morgan fingerprint density at radius 3 is 2.34 bits per heavy atom. The van der Waals surface area contributed by atoms with Crippen molar-refractivity contribution in [1.82, 2.24) is 10.2 Å². The molecule has 7 nitrogen and oxygen atoms in total. The Hall–Kier alpha value is -3.00. The van der Waals surface area contributed by atoms with Gasteiger partial charge in [-0.25, -0.2) is 9.59 Å². The number of nitrogens with zero attached hydrogens (tertiary/aromatic N) is 1. The summed E-state index contributed by atoms with van der Waals surface area (Å²) in [5.41, 5.74) is 4.70. The number of hydrogen-bond donors (Lipinski definition) is 2. The molecular formula is C27H32N2O5S. The van der Waals surface area contributed by atoms with Gasteiger partial charge in [0.1, 0.15) is 12.6 Å². The zero-order valence-corrected chi connectivity index (χ0v) is 20.8. The van der Waals surface area contributed by atoms with E-state index in [0.29, 0.717) is 25.1 Å². The molecule has 2 N–H and O–H groups in total. The summed E-state index contributed by atoms with van der Waals surface area (Å²) < 4.78 is 5.54. The molecular weight excluding hydrogens is 464 g/mol. The maximum Gasteiger partial charge on any atom is 0.407 e. The van der Waals surface area contributed by atoms with E-state index in [-0.39, 0.29) is 30.2 Å². The number of carbonyl (C=O) groups is 3. The summed E-state index contributed by atoms with van der Waals surface area (Å²) in [5, 5.41) is 12.2. The van der Waals surface area contributed by atoms with Gasteiger partial charge in [-0.15, -0.1) is 11.8 Å². The van der Waals surface area contributed by atoms with Crippen LogP contribution in [0.3, 0.4) is 0 Å². The minimum atomic E-state index is -0.943. The lowest BCUT2D eigenvalue weighted by molar-refractivity contribution is -0.149. The van der Waals surface area contributed by atoms with Crippen molar-refractivity contribution in [2.45, 2.75) is 56.4 Å². The molecule has 1 aliphatic heterocycles. The van der Waals surface area contributed by atoms with Gasteiger partial charge in [0, 0.05) is 24.6 Å². The number of rotatable bonds is 10.